The van der Waals surface area contributed by atoms with Gasteiger partial charge in [0.05, 0.1) is 0 Å². The van der Waals surface area contributed by atoms with Crippen LogP contribution in [0.2, 0.25) is 0 Å². The monoisotopic (exact) mass is 330 g/mol. The molecule has 0 bridgehead atoms. The number of carbonyl (C=O) groups excluding carboxylic acids is 2. The van der Waals surface area contributed by atoms with Crippen LogP contribution in [0, 0.1) is 0 Å². The summed E-state index contributed by atoms with van der Waals surface area (Å²) in [5.41, 5.74) is 0.871. The van der Waals surface area contributed by atoms with Crippen molar-refractivity contribution in [3.8, 4) is 5.75 Å². The Bertz CT molecular complexity index is 621. The third kappa shape index (κ3) is 3.25. The van der Waals surface area contributed by atoms with Crippen molar-refractivity contribution in [2.45, 2.75) is 50.5 Å². The molecule has 1 atom stereocenters. The van der Waals surface area contributed by atoms with Crippen molar-refractivity contribution in [2.75, 3.05) is 20.1 Å². The molecule has 0 aromatic heterocycles. The van der Waals surface area contributed by atoms with Crippen molar-refractivity contribution < 1.29 is 14.3 Å². The maximum absolute atomic E-state index is 11.9. The number of hydrogen-bond acceptors (Lipinski definition) is 3. The second-order valence-corrected chi connectivity index (χ2v) is 6.84. The fraction of sp³-hybridized carbons (Fsp3) is 0.579. The Morgan fingerprint density at radius 3 is 2.67 bits per heavy atom. The van der Waals surface area contributed by atoms with Crippen molar-refractivity contribution in [1.29, 1.82) is 0 Å². The zero-order chi connectivity index (χ0) is 17.2. The van der Waals surface area contributed by atoms with E-state index < -0.39 is 0 Å². The standard InChI is InChI=1S/C19H26N2O3/c1-3-18(23)21-10-8-19(9-11-21)13-14(12-17(22)20-2)15-6-4-5-7-16(15)24-19/h4-7,14H,3,8-13H2,1-2H3,(H,20,22)/t14-/m0/s1. The minimum absolute atomic E-state index is 0.0606. The minimum atomic E-state index is -0.252. The van der Waals surface area contributed by atoms with E-state index in [9.17, 15) is 9.59 Å². The van der Waals surface area contributed by atoms with Gasteiger partial charge in [0, 0.05) is 51.7 Å². The summed E-state index contributed by atoms with van der Waals surface area (Å²) in [6, 6.07) is 8.03. The largest absolute Gasteiger partial charge is 0.487 e. The van der Waals surface area contributed by atoms with Gasteiger partial charge in [-0.25, -0.2) is 0 Å². The molecule has 1 fully saturated rings. The van der Waals surface area contributed by atoms with Gasteiger partial charge in [0.1, 0.15) is 11.4 Å². The van der Waals surface area contributed by atoms with E-state index in [4.69, 9.17) is 4.74 Å². The van der Waals surface area contributed by atoms with Gasteiger partial charge in [-0.15, -0.1) is 0 Å². The van der Waals surface area contributed by atoms with Crippen LogP contribution < -0.4 is 10.1 Å². The van der Waals surface area contributed by atoms with Gasteiger partial charge in [0.2, 0.25) is 11.8 Å². The molecule has 0 unspecified atom stereocenters. The summed E-state index contributed by atoms with van der Waals surface area (Å²) >= 11 is 0. The normalized spacial score (nSPS) is 21.8. The molecule has 1 spiro atoms. The molecule has 1 aromatic carbocycles. The zero-order valence-electron chi connectivity index (χ0n) is 14.5. The first-order valence-corrected chi connectivity index (χ1v) is 8.83. The summed E-state index contributed by atoms with van der Waals surface area (Å²) in [6.45, 7) is 3.38. The van der Waals surface area contributed by atoms with Crippen LogP contribution in [0.15, 0.2) is 24.3 Å². The molecule has 0 radical (unpaired) electrons. The van der Waals surface area contributed by atoms with Crippen LogP contribution in [-0.2, 0) is 9.59 Å². The van der Waals surface area contributed by atoms with Gasteiger partial charge < -0.3 is 15.0 Å². The first-order chi connectivity index (χ1) is 11.6. The Hall–Kier alpha value is -2.04. The molecule has 2 aliphatic heterocycles. The third-order valence-electron chi connectivity index (χ3n) is 5.34. The molecule has 2 amide bonds. The van der Waals surface area contributed by atoms with Gasteiger partial charge in [-0.1, -0.05) is 25.1 Å². The number of rotatable bonds is 3. The Labute approximate surface area is 143 Å². The first kappa shape index (κ1) is 16.8. The number of carbonyl (C=O) groups is 2. The lowest BCUT2D eigenvalue weighted by Gasteiger charge is -2.47. The lowest BCUT2D eigenvalue weighted by Crippen LogP contribution is -2.52. The van der Waals surface area contributed by atoms with Crippen molar-refractivity contribution in [1.82, 2.24) is 10.2 Å². The van der Waals surface area contributed by atoms with Gasteiger partial charge >= 0.3 is 0 Å². The highest BCUT2D eigenvalue weighted by Gasteiger charge is 2.44. The maximum atomic E-state index is 11.9. The van der Waals surface area contributed by atoms with Crippen LogP contribution in [0.3, 0.4) is 0 Å². The van der Waals surface area contributed by atoms with E-state index in [-0.39, 0.29) is 23.3 Å². The van der Waals surface area contributed by atoms with Crippen LogP contribution >= 0.6 is 0 Å². The SMILES string of the molecule is CCC(=O)N1CCC2(CC1)C[C@H](CC(=O)NC)c1ccccc1O2. The lowest BCUT2D eigenvalue weighted by molar-refractivity contribution is -0.135. The number of para-hydroxylation sites is 1. The highest BCUT2D eigenvalue weighted by molar-refractivity contribution is 5.77. The van der Waals surface area contributed by atoms with Gasteiger partial charge in [-0.2, -0.15) is 0 Å². The average molecular weight is 330 g/mol. The second kappa shape index (κ2) is 6.83. The van der Waals surface area contributed by atoms with E-state index >= 15 is 0 Å². The molecule has 5 nitrogen and oxygen atoms in total. The number of fused-ring (bicyclic) bond motifs is 1. The molecule has 2 aliphatic rings. The van der Waals surface area contributed by atoms with E-state index in [1.807, 2.05) is 30.0 Å². The van der Waals surface area contributed by atoms with Crippen molar-refractivity contribution in [3.05, 3.63) is 29.8 Å². The number of benzene rings is 1. The van der Waals surface area contributed by atoms with Crippen LogP contribution in [0.4, 0.5) is 0 Å². The molecule has 24 heavy (non-hydrogen) atoms. The minimum Gasteiger partial charge on any atom is -0.487 e. The van der Waals surface area contributed by atoms with Crippen molar-refractivity contribution >= 4 is 11.8 Å². The van der Waals surface area contributed by atoms with E-state index in [2.05, 4.69) is 11.4 Å². The number of likely N-dealkylation sites (tertiary alicyclic amines) is 1. The Kier molecular flexibility index (Phi) is 4.78. The average Bonchev–Trinajstić information content (AvgIpc) is 2.61. The molecule has 0 aliphatic carbocycles. The molecule has 0 saturated carbocycles. The molecular weight excluding hydrogens is 304 g/mol. The van der Waals surface area contributed by atoms with E-state index in [0.717, 1.165) is 43.7 Å². The van der Waals surface area contributed by atoms with Gasteiger partial charge in [-0.05, 0) is 18.1 Å². The molecule has 2 heterocycles. The third-order valence-corrected chi connectivity index (χ3v) is 5.34. The summed E-state index contributed by atoms with van der Waals surface area (Å²) in [5.74, 6) is 1.34. The van der Waals surface area contributed by atoms with Crippen molar-refractivity contribution in [3.63, 3.8) is 0 Å². The number of hydrogen-bond donors (Lipinski definition) is 1. The van der Waals surface area contributed by atoms with E-state index in [1.54, 1.807) is 7.05 Å². The fourth-order valence-electron chi connectivity index (χ4n) is 3.95. The van der Waals surface area contributed by atoms with E-state index in [0.29, 0.717) is 12.8 Å². The van der Waals surface area contributed by atoms with Crippen LogP contribution in [0.25, 0.3) is 0 Å². The number of ether oxygens (including phenoxy) is 1. The second-order valence-electron chi connectivity index (χ2n) is 6.84. The quantitative estimate of drug-likeness (QED) is 0.926. The topological polar surface area (TPSA) is 58.6 Å². The lowest BCUT2D eigenvalue weighted by atomic mass is 9.76. The van der Waals surface area contributed by atoms with Crippen molar-refractivity contribution in [2.24, 2.45) is 0 Å². The number of nitrogens with zero attached hydrogens (tertiary/aromatic N) is 1. The van der Waals surface area contributed by atoms with Gasteiger partial charge in [-0.3, -0.25) is 9.59 Å². The predicted octanol–water partition coefficient (Wildman–Crippen LogP) is 2.46. The summed E-state index contributed by atoms with van der Waals surface area (Å²) < 4.78 is 6.40. The molecule has 3 rings (SSSR count). The highest BCUT2D eigenvalue weighted by atomic mass is 16.5. The summed E-state index contributed by atoms with van der Waals surface area (Å²) in [7, 11) is 1.68. The number of piperidine rings is 1. The Balaban J connectivity index is 1.79. The van der Waals surface area contributed by atoms with Gasteiger partial charge in [0.25, 0.3) is 0 Å². The summed E-state index contributed by atoms with van der Waals surface area (Å²) in [4.78, 5) is 25.8. The molecule has 1 aromatic rings. The van der Waals surface area contributed by atoms with Crippen LogP contribution in [0.5, 0.6) is 5.75 Å². The number of nitrogens with one attached hydrogen (secondary N) is 1. The highest BCUT2D eigenvalue weighted by Crippen LogP contribution is 2.46. The molecule has 1 N–H and O–H groups in total. The Morgan fingerprint density at radius 1 is 1.29 bits per heavy atom. The van der Waals surface area contributed by atoms with E-state index in [1.165, 1.54) is 0 Å². The molecule has 5 heteroatoms. The predicted molar refractivity (Wildman–Crippen MR) is 91.9 cm³/mol. The van der Waals surface area contributed by atoms with Gasteiger partial charge in [0.15, 0.2) is 0 Å². The summed E-state index contributed by atoms with van der Waals surface area (Å²) in [5, 5.41) is 2.73. The molecule has 1 saturated heterocycles. The number of amides is 2. The zero-order valence-corrected chi connectivity index (χ0v) is 14.5. The van der Waals surface area contributed by atoms with Crippen LogP contribution in [0.1, 0.15) is 50.5 Å². The molecular formula is C19H26N2O3. The smallest absolute Gasteiger partial charge is 0.222 e. The fourth-order valence-corrected chi connectivity index (χ4v) is 3.95. The maximum Gasteiger partial charge on any atom is 0.222 e. The molecule has 130 valence electrons. The summed E-state index contributed by atoms with van der Waals surface area (Å²) in [6.07, 6.45) is 3.53. The Morgan fingerprint density at radius 2 is 2.00 bits per heavy atom. The van der Waals surface area contributed by atoms with Crippen LogP contribution in [-0.4, -0.2) is 42.5 Å². The first-order valence-electron chi connectivity index (χ1n) is 8.83.